The molecular weight excluding hydrogens is 426 g/mol. The van der Waals surface area contributed by atoms with E-state index in [2.05, 4.69) is 10.4 Å². The Morgan fingerprint density at radius 3 is 2.70 bits per heavy atom. The lowest BCUT2D eigenvalue weighted by Crippen LogP contribution is -2.70. The third kappa shape index (κ3) is 4.15. The van der Waals surface area contributed by atoms with Crippen LogP contribution in [0.15, 0.2) is 17.3 Å². The third-order valence-electron chi connectivity index (χ3n) is 4.53. The number of rotatable bonds is 7. The molecule has 2 aliphatic heterocycles. The first-order valence-corrected chi connectivity index (χ1v) is 9.80. The number of aromatic nitrogens is 2. The van der Waals surface area contributed by atoms with Crippen LogP contribution in [-0.2, 0) is 30.5 Å². The monoisotopic (exact) mass is 444 g/mol. The molecule has 0 unspecified atom stereocenters. The van der Waals surface area contributed by atoms with Crippen LogP contribution in [-0.4, -0.2) is 67.3 Å². The molecule has 3 heterocycles. The van der Waals surface area contributed by atoms with Crippen molar-refractivity contribution in [1.29, 1.82) is 0 Å². The van der Waals surface area contributed by atoms with Gasteiger partial charge in [0.25, 0.3) is 12.3 Å². The zero-order valence-electron chi connectivity index (χ0n) is 15.9. The summed E-state index contributed by atoms with van der Waals surface area (Å²) in [6.45, 7) is 2.10. The van der Waals surface area contributed by atoms with Crippen LogP contribution in [0.25, 0.3) is 0 Å². The van der Waals surface area contributed by atoms with E-state index in [4.69, 9.17) is 4.74 Å². The number of halogens is 2. The van der Waals surface area contributed by atoms with E-state index in [0.717, 1.165) is 9.58 Å². The molecule has 1 aromatic heterocycles. The molecule has 2 atom stereocenters. The molecule has 0 aliphatic carbocycles. The molecule has 1 aromatic rings. The number of thioether (sulfide) groups is 1. The van der Waals surface area contributed by atoms with E-state index in [1.165, 1.54) is 31.7 Å². The molecule has 1 saturated heterocycles. The van der Waals surface area contributed by atoms with Crippen molar-refractivity contribution in [2.75, 3.05) is 12.4 Å². The topological polar surface area (TPSA) is 131 Å². The maximum atomic E-state index is 12.7. The number of aryl methyl sites for hydroxylation is 1. The minimum Gasteiger partial charge on any atom is -0.477 e. The van der Waals surface area contributed by atoms with Crippen molar-refractivity contribution in [2.45, 2.75) is 38.2 Å². The van der Waals surface area contributed by atoms with Crippen LogP contribution in [0.3, 0.4) is 0 Å². The van der Waals surface area contributed by atoms with Crippen molar-refractivity contribution >= 4 is 35.5 Å². The highest BCUT2D eigenvalue weighted by molar-refractivity contribution is 8.00. The lowest BCUT2D eigenvalue weighted by molar-refractivity contribution is -0.151. The highest BCUT2D eigenvalue weighted by Crippen LogP contribution is 2.40. The van der Waals surface area contributed by atoms with Crippen molar-refractivity contribution in [1.82, 2.24) is 20.0 Å². The Hall–Kier alpha value is -2.96. The van der Waals surface area contributed by atoms with Gasteiger partial charge in [0, 0.05) is 23.9 Å². The Morgan fingerprint density at radius 2 is 2.13 bits per heavy atom. The number of hydrogen-bond donors (Lipinski definition) is 2. The smallest absolute Gasteiger partial charge is 0.352 e. The lowest BCUT2D eigenvalue weighted by atomic mass is 10.0. The number of carbonyl (C=O) groups is 4. The summed E-state index contributed by atoms with van der Waals surface area (Å²) in [6, 6.07) is 0.206. The van der Waals surface area contributed by atoms with Crippen molar-refractivity contribution in [3.63, 3.8) is 0 Å². The number of esters is 1. The zero-order chi connectivity index (χ0) is 22.2. The molecule has 0 radical (unpaired) electrons. The average Bonchev–Trinajstić information content (AvgIpc) is 3.04. The van der Waals surface area contributed by atoms with Gasteiger partial charge in [-0.3, -0.25) is 24.0 Å². The van der Waals surface area contributed by atoms with Gasteiger partial charge in [-0.2, -0.15) is 5.10 Å². The summed E-state index contributed by atoms with van der Waals surface area (Å²) < 4.78 is 31.4. The van der Waals surface area contributed by atoms with Gasteiger partial charge in [0.05, 0.1) is 0 Å². The third-order valence-corrected chi connectivity index (χ3v) is 5.87. The summed E-state index contributed by atoms with van der Waals surface area (Å²) >= 11 is 1.22. The maximum absolute atomic E-state index is 12.7. The normalized spacial score (nSPS) is 20.7. The number of fused-ring (bicyclic) bond motifs is 1. The zero-order valence-corrected chi connectivity index (χ0v) is 16.7. The standard InChI is InChI=1S/C17H18F2N4O6S/c1-7-3-10(14(18)19)21-22(7)4-11(25)20-12-15(26)23-13(17(27)28)9(5-29-8(2)24)6-30-16(12)23/h3,12,14,16H,4-6H2,1-2H3,(H,20,25)(H,27,28)/t12-,16-/m1/s1. The fourth-order valence-electron chi connectivity index (χ4n) is 3.14. The summed E-state index contributed by atoms with van der Waals surface area (Å²) in [6.07, 6.45) is -2.77. The Labute approximate surface area is 173 Å². The summed E-state index contributed by atoms with van der Waals surface area (Å²) in [7, 11) is 0. The van der Waals surface area contributed by atoms with E-state index in [-0.39, 0.29) is 30.2 Å². The second kappa shape index (κ2) is 8.42. The summed E-state index contributed by atoms with van der Waals surface area (Å²) in [5.41, 5.74) is -0.0744. The van der Waals surface area contributed by atoms with E-state index in [1.54, 1.807) is 0 Å². The number of carbonyl (C=O) groups excluding carboxylic acids is 3. The summed E-state index contributed by atoms with van der Waals surface area (Å²) in [5.74, 6) is -2.96. The lowest BCUT2D eigenvalue weighted by Gasteiger charge is -2.49. The first-order valence-electron chi connectivity index (χ1n) is 8.75. The number of hydrogen-bond acceptors (Lipinski definition) is 7. The number of carboxylic acids is 1. The minimum atomic E-state index is -2.77. The first-order chi connectivity index (χ1) is 14.1. The van der Waals surface area contributed by atoms with Gasteiger partial charge in [0.15, 0.2) is 0 Å². The van der Waals surface area contributed by atoms with Gasteiger partial charge in [0.2, 0.25) is 5.91 Å². The largest absolute Gasteiger partial charge is 0.477 e. The van der Waals surface area contributed by atoms with Crippen LogP contribution in [0.4, 0.5) is 8.78 Å². The fraction of sp³-hybridized carbons (Fsp3) is 0.471. The van der Waals surface area contributed by atoms with Crippen LogP contribution in [0.5, 0.6) is 0 Å². The number of β-lactam (4-membered cyclic amide) rings is 1. The molecule has 1 fully saturated rings. The molecule has 3 rings (SSSR count). The molecular formula is C17H18F2N4O6S. The average molecular weight is 444 g/mol. The molecule has 30 heavy (non-hydrogen) atoms. The Kier molecular flexibility index (Phi) is 6.10. The Balaban J connectivity index is 1.68. The second-order valence-electron chi connectivity index (χ2n) is 6.66. The highest BCUT2D eigenvalue weighted by atomic mass is 32.2. The number of aliphatic carboxylic acids is 1. The maximum Gasteiger partial charge on any atom is 0.352 e. The fourth-order valence-corrected chi connectivity index (χ4v) is 4.47. The van der Waals surface area contributed by atoms with Crippen LogP contribution in [0.1, 0.15) is 24.7 Å². The molecule has 2 aliphatic rings. The number of nitrogens with zero attached hydrogens (tertiary/aromatic N) is 3. The van der Waals surface area contributed by atoms with Crippen LogP contribution in [0.2, 0.25) is 0 Å². The summed E-state index contributed by atoms with van der Waals surface area (Å²) in [5, 5.41) is 15.0. The minimum absolute atomic E-state index is 0.200. The number of nitrogens with one attached hydrogen (secondary N) is 1. The Bertz CT molecular complexity index is 947. The van der Waals surface area contributed by atoms with Crippen molar-refractivity contribution < 1.29 is 37.8 Å². The number of amides is 2. The van der Waals surface area contributed by atoms with Gasteiger partial charge in [-0.1, -0.05) is 0 Å². The number of ether oxygens (including phenoxy) is 1. The Morgan fingerprint density at radius 1 is 1.43 bits per heavy atom. The van der Waals surface area contributed by atoms with Crippen molar-refractivity contribution in [3.05, 3.63) is 28.7 Å². The van der Waals surface area contributed by atoms with E-state index in [1.807, 2.05) is 0 Å². The highest BCUT2D eigenvalue weighted by Gasteiger charge is 2.54. The molecule has 0 saturated carbocycles. The molecule has 0 spiro atoms. The molecule has 0 aromatic carbocycles. The van der Waals surface area contributed by atoms with E-state index in [0.29, 0.717) is 5.69 Å². The molecule has 10 nitrogen and oxygen atoms in total. The first kappa shape index (κ1) is 21.7. The van der Waals surface area contributed by atoms with Gasteiger partial charge in [0.1, 0.15) is 36.0 Å². The van der Waals surface area contributed by atoms with Gasteiger partial charge in [-0.25, -0.2) is 13.6 Å². The predicted molar refractivity (Wildman–Crippen MR) is 98.2 cm³/mol. The van der Waals surface area contributed by atoms with Crippen LogP contribution >= 0.6 is 11.8 Å². The second-order valence-corrected chi connectivity index (χ2v) is 7.77. The molecule has 2 N–H and O–H groups in total. The molecule has 162 valence electrons. The SMILES string of the molecule is CC(=O)OCC1=C(C(=O)O)N2C(=O)[C@@H](NC(=O)Cn3nc(C(F)F)cc3C)[C@H]2SC1. The van der Waals surface area contributed by atoms with Crippen LogP contribution in [0, 0.1) is 6.92 Å². The predicted octanol–water partition coefficient (Wildman–Crippen LogP) is 0.431. The molecule has 2 amide bonds. The summed E-state index contributed by atoms with van der Waals surface area (Å²) in [4.78, 5) is 48.5. The van der Waals surface area contributed by atoms with Crippen molar-refractivity contribution in [3.8, 4) is 0 Å². The van der Waals surface area contributed by atoms with Gasteiger partial charge < -0.3 is 15.2 Å². The van der Waals surface area contributed by atoms with Crippen LogP contribution < -0.4 is 5.32 Å². The van der Waals surface area contributed by atoms with Gasteiger partial charge >= 0.3 is 11.9 Å². The van der Waals surface area contributed by atoms with E-state index < -0.39 is 47.3 Å². The van der Waals surface area contributed by atoms with Gasteiger partial charge in [-0.15, -0.1) is 11.8 Å². The number of alkyl halides is 2. The molecule has 0 bridgehead atoms. The molecule has 13 heteroatoms. The quantitative estimate of drug-likeness (QED) is 0.457. The van der Waals surface area contributed by atoms with Gasteiger partial charge in [-0.05, 0) is 13.0 Å². The number of carboxylic acid groups (broad SMARTS) is 1. The van der Waals surface area contributed by atoms with Crippen molar-refractivity contribution in [2.24, 2.45) is 0 Å². The van der Waals surface area contributed by atoms with E-state index >= 15 is 0 Å². The van der Waals surface area contributed by atoms with E-state index in [9.17, 15) is 33.1 Å².